The van der Waals surface area contributed by atoms with Gasteiger partial charge in [-0.3, -0.25) is 19.8 Å². The van der Waals surface area contributed by atoms with Gasteiger partial charge in [0.05, 0.1) is 36.6 Å². The van der Waals surface area contributed by atoms with Crippen LogP contribution in [0.3, 0.4) is 0 Å². The molecule has 0 radical (unpaired) electrons. The maximum absolute atomic E-state index is 5.56. The zero-order valence-corrected chi connectivity index (χ0v) is 24.6. The number of pyridine rings is 2. The standard InChI is InChI=1S/C32H42N6O2/c1-21-7-9-35-31-27(21)15-25(39-5)17-29(31)33-11-13-37-19-24(4)38(20-23(37)3)14-12-34-30-18-26(40-6)16-28-22(2)8-10-36-32(28)30/h7-10,15-18,23-24,33-34H,11-14,19-20H2,1-6H3/t23-,24+. The summed E-state index contributed by atoms with van der Waals surface area (Å²) in [5.74, 6) is 1.70. The number of hydrogen-bond donors (Lipinski definition) is 2. The third kappa shape index (κ3) is 5.93. The average molecular weight is 543 g/mol. The van der Waals surface area contributed by atoms with Gasteiger partial charge in [0.1, 0.15) is 11.5 Å². The number of nitrogens with zero attached hydrogens (tertiary/aromatic N) is 4. The number of anilines is 2. The Kier molecular flexibility index (Phi) is 8.57. The number of rotatable bonds is 10. The molecule has 2 N–H and O–H groups in total. The molecule has 5 rings (SSSR count). The fourth-order valence-electron chi connectivity index (χ4n) is 5.79. The first kappa shape index (κ1) is 27.9. The molecule has 8 nitrogen and oxygen atoms in total. The Bertz CT molecular complexity index is 1360. The SMILES string of the molecule is COc1cc(NCCN2C[C@H](C)N(CCNc3cc(OC)cc4c(C)ccnc34)C[C@H]2C)c2nccc(C)c2c1. The minimum Gasteiger partial charge on any atom is -0.497 e. The first-order chi connectivity index (χ1) is 19.4. The maximum atomic E-state index is 5.56. The van der Waals surface area contributed by atoms with Crippen LogP contribution in [0.25, 0.3) is 21.8 Å². The third-order valence-corrected chi connectivity index (χ3v) is 8.22. The van der Waals surface area contributed by atoms with Gasteiger partial charge in [0.15, 0.2) is 0 Å². The van der Waals surface area contributed by atoms with E-state index in [2.05, 4.69) is 70.2 Å². The Labute approximate surface area is 237 Å². The lowest BCUT2D eigenvalue weighted by Gasteiger charge is -2.44. The summed E-state index contributed by atoms with van der Waals surface area (Å²) in [4.78, 5) is 14.5. The van der Waals surface area contributed by atoms with Gasteiger partial charge in [-0.15, -0.1) is 0 Å². The zero-order chi connectivity index (χ0) is 28.2. The van der Waals surface area contributed by atoms with E-state index in [0.29, 0.717) is 12.1 Å². The van der Waals surface area contributed by atoms with E-state index in [1.807, 2.05) is 36.7 Å². The molecular formula is C32H42N6O2. The van der Waals surface area contributed by atoms with E-state index in [9.17, 15) is 0 Å². The molecule has 0 aliphatic carbocycles. The number of nitrogens with one attached hydrogen (secondary N) is 2. The summed E-state index contributed by atoms with van der Waals surface area (Å²) in [6, 6.07) is 13.3. The number of fused-ring (bicyclic) bond motifs is 2. The molecule has 1 saturated heterocycles. The summed E-state index contributed by atoms with van der Waals surface area (Å²) in [5.41, 5.74) is 6.44. The van der Waals surface area contributed by atoms with Gasteiger partial charge >= 0.3 is 0 Å². The molecule has 212 valence electrons. The molecule has 1 aliphatic rings. The Morgan fingerprint density at radius 1 is 0.725 bits per heavy atom. The van der Waals surface area contributed by atoms with E-state index in [-0.39, 0.29) is 0 Å². The quantitative estimate of drug-likeness (QED) is 0.278. The number of benzene rings is 2. The third-order valence-electron chi connectivity index (χ3n) is 8.22. The molecule has 8 heteroatoms. The number of piperazine rings is 1. The van der Waals surface area contributed by atoms with Crippen LogP contribution >= 0.6 is 0 Å². The van der Waals surface area contributed by atoms with E-state index >= 15 is 0 Å². The van der Waals surface area contributed by atoms with Crippen molar-refractivity contribution in [3.63, 3.8) is 0 Å². The summed E-state index contributed by atoms with van der Waals surface area (Å²) in [5, 5.41) is 9.53. The molecule has 2 aromatic heterocycles. The average Bonchev–Trinajstić information content (AvgIpc) is 2.95. The van der Waals surface area contributed by atoms with Crippen LogP contribution in [0.5, 0.6) is 11.5 Å². The number of ether oxygens (including phenoxy) is 2. The first-order valence-electron chi connectivity index (χ1n) is 14.2. The van der Waals surface area contributed by atoms with Gasteiger partial charge in [-0.05, 0) is 63.1 Å². The van der Waals surface area contributed by atoms with E-state index in [1.54, 1.807) is 14.2 Å². The smallest absolute Gasteiger partial charge is 0.121 e. The molecule has 0 amide bonds. The number of methoxy groups -OCH3 is 2. The summed E-state index contributed by atoms with van der Waals surface area (Å²) in [7, 11) is 3.43. The molecule has 2 aromatic carbocycles. The second-order valence-corrected chi connectivity index (χ2v) is 10.9. The maximum Gasteiger partial charge on any atom is 0.121 e. The molecular weight excluding hydrogens is 500 g/mol. The lowest BCUT2D eigenvalue weighted by Crippen LogP contribution is -2.57. The van der Waals surface area contributed by atoms with Gasteiger partial charge < -0.3 is 20.1 Å². The van der Waals surface area contributed by atoms with Crippen LogP contribution in [0, 0.1) is 13.8 Å². The predicted octanol–water partition coefficient (Wildman–Crippen LogP) is 5.34. The number of aromatic nitrogens is 2. The van der Waals surface area contributed by atoms with Crippen molar-refractivity contribution >= 4 is 33.2 Å². The highest BCUT2D eigenvalue weighted by atomic mass is 16.5. The minimum absolute atomic E-state index is 0.474. The summed E-state index contributed by atoms with van der Waals surface area (Å²) >= 11 is 0. The van der Waals surface area contributed by atoms with Crippen LogP contribution in [0.1, 0.15) is 25.0 Å². The van der Waals surface area contributed by atoms with Gasteiger partial charge in [-0.25, -0.2) is 0 Å². The van der Waals surface area contributed by atoms with Crippen molar-refractivity contribution in [1.82, 2.24) is 19.8 Å². The van der Waals surface area contributed by atoms with Crippen LogP contribution in [-0.4, -0.2) is 85.3 Å². The second-order valence-electron chi connectivity index (χ2n) is 10.9. The normalized spacial score (nSPS) is 18.2. The monoisotopic (exact) mass is 542 g/mol. The van der Waals surface area contributed by atoms with Crippen molar-refractivity contribution in [1.29, 1.82) is 0 Å². The van der Waals surface area contributed by atoms with Gasteiger partial charge in [0, 0.05) is 86.7 Å². The van der Waals surface area contributed by atoms with Crippen molar-refractivity contribution in [2.45, 2.75) is 39.8 Å². The minimum atomic E-state index is 0.474. The van der Waals surface area contributed by atoms with Gasteiger partial charge in [-0.1, -0.05) is 0 Å². The molecule has 40 heavy (non-hydrogen) atoms. The number of hydrogen-bond acceptors (Lipinski definition) is 8. The molecule has 4 aromatic rings. The van der Waals surface area contributed by atoms with E-state index in [1.165, 1.54) is 11.1 Å². The van der Waals surface area contributed by atoms with Crippen molar-refractivity contribution in [3.05, 3.63) is 59.9 Å². The summed E-state index contributed by atoms with van der Waals surface area (Å²) < 4.78 is 11.1. The van der Waals surface area contributed by atoms with E-state index in [4.69, 9.17) is 9.47 Å². The highest BCUT2D eigenvalue weighted by Gasteiger charge is 2.28. The topological polar surface area (TPSA) is 74.8 Å². The highest BCUT2D eigenvalue weighted by molar-refractivity contribution is 5.94. The van der Waals surface area contributed by atoms with Crippen molar-refractivity contribution in [2.75, 3.05) is 64.1 Å². The fourth-order valence-corrected chi connectivity index (χ4v) is 5.79. The largest absolute Gasteiger partial charge is 0.497 e. The summed E-state index contributed by atoms with van der Waals surface area (Å²) in [6.45, 7) is 14.6. The zero-order valence-electron chi connectivity index (χ0n) is 24.6. The van der Waals surface area contributed by atoms with Gasteiger partial charge in [0.25, 0.3) is 0 Å². The van der Waals surface area contributed by atoms with E-state index < -0.39 is 0 Å². The van der Waals surface area contributed by atoms with Crippen LogP contribution in [0.15, 0.2) is 48.8 Å². The van der Waals surface area contributed by atoms with Crippen molar-refractivity contribution < 1.29 is 9.47 Å². The summed E-state index contributed by atoms with van der Waals surface area (Å²) in [6.07, 6.45) is 3.75. The molecule has 3 heterocycles. The molecule has 0 unspecified atom stereocenters. The van der Waals surface area contributed by atoms with Crippen LogP contribution in [0.4, 0.5) is 11.4 Å². The van der Waals surface area contributed by atoms with Crippen LogP contribution in [-0.2, 0) is 0 Å². The molecule has 1 fully saturated rings. The van der Waals surface area contributed by atoms with Crippen molar-refractivity contribution in [2.24, 2.45) is 0 Å². The lowest BCUT2D eigenvalue weighted by atomic mass is 10.1. The predicted molar refractivity (Wildman–Crippen MR) is 165 cm³/mol. The number of aryl methyl sites for hydroxylation is 2. The Balaban J connectivity index is 1.16. The Morgan fingerprint density at radius 2 is 1.15 bits per heavy atom. The van der Waals surface area contributed by atoms with Gasteiger partial charge in [-0.2, -0.15) is 0 Å². The molecule has 1 aliphatic heterocycles. The first-order valence-corrected chi connectivity index (χ1v) is 14.2. The van der Waals surface area contributed by atoms with Crippen LogP contribution < -0.4 is 20.1 Å². The fraction of sp³-hybridized carbons (Fsp3) is 0.438. The lowest BCUT2D eigenvalue weighted by molar-refractivity contribution is 0.0482. The molecule has 0 bridgehead atoms. The van der Waals surface area contributed by atoms with Gasteiger partial charge in [0.2, 0.25) is 0 Å². The van der Waals surface area contributed by atoms with E-state index in [0.717, 1.165) is 83.9 Å². The Hall–Kier alpha value is -3.62. The van der Waals surface area contributed by atoms with Crippen molar-refractivity contribution in [3.8, 4) is 11.5 Å². The molecule has 2 atom stereocenters. The van der Waals surface area contributed by atoms with Crippen LogP contribution in [0.2, 0.25) is 0 Å². The molecule has 0 saturated carbocycles. The Morgan fingerprint density at radius 3 is 1.55 bits per heavy atom. The molecule has 0 spiro atoms. The second kappa shape index (κ2) is 12.3. The highest BCUT2D eigenvalue weighted by Crippen LogP contribution is 2.31.